The van der Waals surface area contributed by atoms with Crippen LogP contribution >= 0.6 is 0 Å². The lowest BCUT2D eigenvalue weighted by molar-refractivity contribution is -0.138. The van der Waals surface area contributed by atoms with Crippen molar-refractivity contribution in [3.05, 3.63) is 29.3 Å². The maximum Gasteiger partial charge on any atom is 0.416 e. The van der Waals surface area contributed by atoms with Gasteiger partial charge in [0, 0.05) is 27.2 Å². The van der Waals surface area contributed by atoms with E-state index in [2.05, 4.69) is 20.9 Å². The first-order valence-corrected chi connectivity index (χ1v) is 9.05. The van der Waals surface area contributed by atoms with Gasteiger partial charge in [-0.25, -0.2) is 0 Å². The Balaban J connectivity index is 2.77. The van der Waals surface area contributed by atoms with Gasteiger partial charge in [0.2, 0.25) is 5.91 Å². The Morgan fingerprint density at radius 1 is 1.14 bits per heavy atom. The molecule has 0 atom stereocenters. The summed E-state index contributed by atoms with van der Waals surface area (Å²) in [4.78, 5) is 15.6. The molecule has 0 aliphatic carbocycles. The molecule has 0 aliphatic heterocycles. The Morgan fingerprint density at radius 3 is 2.38 bits per heavy atom. The molecule has 3 N–H and O–H groups in total. The number of carbonyl (C=O) groups is 1. The average Bonchev–Trinajstić information content (AvgIpc) is 2.60. The second-order valence-electron chi connectivity index (χ2n) is 7.15. The van der Waals surface area contributed by atoms with E-state index in [1.165, 1.54) is 26.3 Å². The zero-order valence-electron chi connectivity index (χ0n) is 17.4. The molecule has 0 heterocycles. The molecule has 1 rings (SSSR count). The smallest absolute Gasteiger partial charge is 0.416 e. The first-order chi connectivity index (χ1) is 13.5. The first kappa shape index (κ1) is 24.5. The van der Waals surface area contributed by atoms with Crippen molar-refractivity contribution in [3.8, 4) is 5.75 Å². The SMILES string of the molecule is CN=C(NCC(=O)NCCOC)NCc1ccc(OC(C)(C)C)cc1C(F)(F)F. The van der Waals surface area contributed by atoms with Crippen LogP contribution in [0.2, 0.25) is 0 Å². The van der Waals surface area contributed by atoms with Crippen molar-refractivity contribution in [2.24, 2.45) is 4.99 Å². The van der Waals surface area contributed by atoms with E-state index in [-0.39, 0.29) is 36.3 Å². The van der Waals surface area contributed by atoms with Gasteiger partial charge in [-0.3, -0.25) is 9.79 Å². The molecule has 0 radical (unpaired) electrons. The first-order valence-electron chi connectivity index (χ1n) is 9.05. The number of nitrogens with zero attached hydrogens (tertiary/aromatic N) is 1. The van der Waals surface area contributed by atoms with E-state index in [0.717, 1.165) is 6.07 Å². The van der Waals surface area contributed by atoms with Gasteiger partial charge in [-0.1, -0.05) is 6.07 Å². The molecule has 29 heavy (non-hydrogen) atoms. The van der Waals surface area contributed by atoms with Crippen molar-refractivity contribution in [2.75, 3.05) is 33.9 Å². The highest BCUT2D eigenvalue weighted by Gasteiger charge is 2.34. The highest BCUT2D eigenvalue weighted by atomic mass is 19.4. The highest BCUT2D eigenvalue weighted by molar-refractivity contribution is 5.86. The Morgan fingerprint density at radius 2 is 1.83 bits per heavy atom. The number of alkyl halides is 3. The van der Waals surface area contributed by atoms with Gasteiger partial charge in [0.15, 0.2) is 5.96 Å². The molecular formula is C19H29F3N4O3. The number of halogens is 3. The Kier molecular flexibility index (Phi) is 9.22. The lowest BCUT2D eigenvalue weighted by Crippen LogP contribution is -2.43. The van der Waals surface area contributed by atoms with Crippen LogP contribution < -0.4 is 20.7 Å². The summed E-state index contributed by atoms with van der Waals surface area (Å²) in [5.41, 5.74) is -1.37. The van der Waals surface area contributed by atoms with Gasteiger partial charge in [-0.05, 0) is 38.5 Å². The van der Waals surface area contributed by atoms with Gasteiger partial charge in [0.1, 0.15) is 11.4 Å². The number of rotatable bonds is 8. The van der Waals surface area contributed by atoms with E-state index < -0.39 is 17.3 Å². The molecule has 0 aliphatic rings. The van der Waals surface area contributed by atoms with Crippen molar-refractivity contribution in [2.45, 2.75) is 39.1 Å². The minimum Gasteiger partial charge on any atom is -0.488 e. The van der Waals surface area contributed by atoms with Crippen molar-refractivity contribution in [3.63, 3.8) is 0 Å². The van der Waals surface area contributed by atoms with Gasteiger partial charge in [0.25, 0.3) is 0 Å². The van der Waals surface area contributed by atoms with Crippen LogP contribution in [0, 0.1) is 0 Å². The van der Waals surface area contributed by atoms with Crippen molar-refractivity contribution in [1.29, 1.82) is 0 Å². The molecular weight excluding hydrogens is 389 g/mol. The van der Waals surface area contributed by atoms with Crippen LogP contribution in [0.15, 0.2) is 23.2 Å². The molecule has 164 valence electrons. The average molecular weight is 418 g/mol. The Labute approximate surface area is 169 Å². The number of nitrogens with one attached hydrogen (secondary N) is 3. The number of hydrogen-bond acceptors (Lipinski definition) is 4. The molecule has 0 fully saturated rings. The standard InChI is InChI=1S/C19H29F3N4O3/c1-18(2,3)29-14-7-6-13(15(10-14)19(20,21)22)11-25-17(23-4)26-12-16(27)24-8-9-28-5/h6-7,10H,8-9,11-12H2,1-5H3,(H,24,27)(H2,23,25,26). The van der Waals surface area contributed by atoms with E-state index in [1.807, 2.05) is 0 Å². The summed E-state index contributed by atoms with van der Waals surface area (Å²) in [6.07, 6.45) is -4.54. The molecule has 0 aromatic heterocycles. The third-order valence-electron chi connectivity index (χ3n) is 3.53. The fourth-order valence-corrected chi connectivity index (χ4v) is 2.31. The molecule has 1 amide bonds. The lowest BCUT2D eigenvalue weighted by Gasteiger charge is -2.23. The molecule has 1 aromatic carbocycles. The number of hydrogen-bond donors (Lipinski definition) is 3. The maximum atomic E-state index is 13.5. The molecule has 10 heteroatoms. The molecule has 7 nitrogen and oxygen atoms in total. The van der Waals surface area contributed by atoms with Gasteiger partial charge >= 0.3 is 6.18 Å². The van der Waals surface area contributed by atoms with Crippen LogP contribution in [-0.2, 0) is 22.3 Å². The quantitative estimate of drug-likeness (QED) is 0.343. The number of aliphatic imine (C=N–C) groups is 1. The third-order valence-corrected chi connectivity index (χ3v) is 3.53. The molecule has 0 saturated carbocycles. The minimum absolute atomic E-state index is 0.0336. The van der Waals surface area contributed by atoms with Crippen LogP contribution in [0.25, 0.3) is 0 Å². The van der Waals surface area contributed by atoms with Crippen molar-refractivity contribution >= 4 is 11.9 Å². The number of carbonyl (C=O) groups excluding carboxylic acids is 1. The second kappa shape index (κ2) is 10.9. The summed E-state index contributed by atoms with van der Waals surface area (Å²) in [7, 11) is 2.98. The van der Waals surface area contributed by atoms with Crippen molar-refractivity contribution in [1.82, 2.24) is 16.0 Å². The maximum absolute atomic E-state index is 13.5. The molecule has 0 bridgehead atoms. The molecule has 0 spiro atoms. The summed E-state index contributed by atoms with van der Waals surface area (Å²) < 4.78 is 50.8. The monoisotopic (exact) mass is 418 g/mol. The van der Waals surface area contributed by atoms with E-state index in [1.54, 1.807) is 20.8 Å². The summed E-state index contributed by atoms with van der Waals surface area (Å²) in [5, 5.41) is 8.15. The zero-order valence-corrected chi connectivity index (χ0v) is 17.4. The molecule has 1 aromatic rings. The predicted octanol–water partition coefficient (Wildman–Crippen LogP) is 2.31. The normalized spacial score (nSPS) is 12.5. The van der Waals surface area contributed by atoms with Crippen LogP contribution in [0.5, 0.6) is 5.75 Å². The van der Waals surface area contributed by atoms with Crippen LogP contribution in [0.4, 0.5) is 13.2 Å². The lowest BCUT2D eigenvalue weighted by atomic mass is 10.1. The fourth-order valence-electron chi connectivity index (χ4n) is 2.31. The second-order valence-corrected chi connectivity index (χ2v) is 7.15. The van der Waals surface area contributed by atoms with E-state index in [9.17, 15) is 18.0 Å². The van der Waals surface area contributed by atoms with E-state index >= 15 is 0 Å². The summed E-state index contributed by atoms with van der Waals surface area (Å²) >= 11 is 0. The van der Waals surface area contributed by atoms with Gasteiger partial charge in [0.05, 0.1) is 18.7 Å². The summed E-state index contributed by atoms with van der Waals surface area (Å²) in [5.74, 6) is 0.0588. The Bertz CT molecular complexity index is 701. The van der Waals surface area contributed by atoms with Crippen LogP contribution in [-0.4, -0.2) is 51.3 Å². The van der Waals surface area contributed by atoms with E-state index in [4.69, 9.17) is 9.47 Å². The van der Waals surface area contributed by atoms with Crippen LogP contribution in [0.1, 0.15) is 31.9 Å². The largest absolute Gasteiger partial charge is 0.488 e. The number of guanidine groups is 1. The number of methoxy groups -OCH3 is 1. The fraction of sp³-hybridized carbons (Fsp3) is 0.579. The zero-order chi connectivity index (χ0) is 22.1. The van der Waals surface area contributed by atoms with Gasteiger partial charge in [-0.2, -0.15) is 13.2 Å². The number of ether oxygens (including phenoxy) is 2. The van der Waals surface area contributed by atoms with Crippen molar-refractivity contribution < 1.29 is 27.4 Å². The molecule has 0 saturated heterocycles. The van der Waals surface area contributed by atoms with Gasteiger partial charge in [-0.15, -0.1) is 0 Å². The topological polar surface area (TPSA) is 84.0 Å². The number of amides is 1. The Hall–Kier alpha value is -2.49. The minimum atomic E-state index is -4.54. The molecule has 0 unspecified atom stereocenters. The van der Waals surface area contributed by atoms with Crippen LogP contribution in [0.3, 0.4) is 0 Å². The van der Waals surface area contributed by atoms with Gasteiger partial charge < -0.3 is 25.4 Å². The third kappa shape index (κ3) is 9.51. The number of benzene rings is 1. The predicted molar refractivity (Wildman–Crippen MR) is 105 cm³/mol. The summed E-state index contributed by atoms with van der Waals surface area (Å²) in [6, 6.07) is 3.85. The van der Waals surface area contributed by atoms with E-state index in [0.29, 0.717) is 13.2 Å². The summed E-state index contributed by atoms with van der Waals surface area (Å²) in [6.45, 7) is 5.82. The highest BCUT2D eigenvalue weighted by Crippen LogP contribution is 2.35.